The number of amides is 1. The van der Waals surface area contributed by atoms with E-state index < -0.39 is 5.97 Å². The molecule has 0 saturated carbocycles. The van der Waals surface area contributed by atoms with Gasteiger partial charge in [-0.2, -0.15) is 5.10 Å². The van der Waals surface area contributed by atoms with E-state index in [9.17, 15) is 9.59 Å². The lowest BCUT2D eigenvalue weighted by Crippen LogP contribution is -2.16. The van der Waals surface area contributed by atoms with Crippen molar-refractivity contribution in [3.8, 4) is 5.69 Å². The molecule has 1 unspecified atom stereocenters. The highest BCUT2D eigenvalue weighted by Gasteiger charge is 2.20. The van der Waals surface area contributed by atoms with Crippen molar-refractivity contribution in [2.75, 3.05) is 5.32 Å². The minimum atomic E-state index is -1.11. The molecule has 0 fully saturated rings. The first kappa shape index (κ1) is 18.4. The SMILES string of the molecule is Cc1noc(C)c1C(C)CC(=O)Nc1ccccc1-n1ccc(C(=O)O)n1. The van der Waals surface area contributed by atoms with Gasteiger partial charge in [-0.05, 0) is 38.0 Å². The van der Waals surface area contributed by atoms with Crippen LogP contribution in [0.4, 0.5) is 5.69 Å². The predicted molar refractivity (Wildman–Crippen MR) is 98.2 cm³/mol. The Morgan fingerprint density at radius 3 is 2.63 bits per heavy atom. The number of carboxylic acids is 1. The van der Waals surface area contributed by atoms with Crippen LogP contribution in [-0.4, -0.2) is 31.9 Å². The normalized spacial score (nSPS) is 12.0. The van der Waals surface area contributed by atoms with E-state index >= 15 is 0 Å². The molecule has 0 aliphatic rings. The number of anilines is 1. The molecule has 0 saturated heterocycles. The molecule has 0 spiro atoms. The molecule has 2 N–H and O–H groups in total. The quantitative estimate of drug-likeness (QED) is 0.691. The van der Waals surface area contributed by atoms with Crippen LogP contribution in [0.5, 0.6) is 0 Å². The number of para-hydroxylation sites is 2. The lowest BCUT2D eigenvalue weighted by atomic mass is 9.96. The molecular formula is C19H20N4O4. The van der Waals surface area contributed by atoms with Crippen molar-refractivity contribution in [1.29, 1.82) is 0 Å². The van der Waals surface area contributed by atoms with Crippen LogP contribution in [0, 0.1) is 13.8 Å². The van der Waals surface area contributed by atoms with Crippen molar-refractivity contribution in [1.82, 2.24) is 14.9 Å². The van der Waals surface area contributed by atoms with Crippen molar-refractivity contribution < 1.29 is 19.2 Å². The van der Waals surface area contributed by atoms with Gasteiger partial charge in [-0.15, -0.1) is 0 Å². The van der Waals surface area contributed by atoms with Gasteiger partial charge < -0.3 is 14.9 Å². The van der Waals surface area contributed by atoms with Crippen LogP contribution in [0.3, 0.4) is 0 Å². The summed E-state index contributed by atoms with van der Waals surface area (Å²) in [5.41, 5.74) is 2.79. The van der Waals surface area contributed by atoms with E-state index in [0.717, 1.165) is 11.3 Å². The Morgan fingerprint density at radius 2 is 2.00 bits per heavy atom. The third-order valence-electron chi connectivity index (χ3n) is 4.31. The summed E-state index contributed by atoms with van der Waals surface area (Å²) in [4.78, 5) is 23.6. The van der Waals surface area contributed by atoms with Crippen LogP contribution in [-0.2, 0) is 4.79 Å². The van der Waals surface area contributed by atoms with Crippen LogP contribution in [0.25, 0.3) is 5.69 Å². The zero-order valence-corrected chi connectivity index (χ0v) is 15.3. The summed E-state index contributed by atoms with van der Waals surface area (Å²) in [7, 11) is 0. The van der Waals surface area contributed by atoms with E-state index in [4.69, 9.17) is 9.63 Å². The number of benzene rings is 1. The number of aryl methyl sites for hydroxylation is 2. The van der Waals surface area contributed by atoms with E-state index in [1.54, 1.807) is 30.5 Å². The van der Waals surface area contributed by atoms with Gasteiger partial charge in [-0.1, -0.05) is 24.2 Å². The van der Waals surface area contributed by atoms with Gasteiger partial charge in [0.2, 0.25) is 5.91 Å². The van der Waals surface area contributed by atoms with Gasteiger partial charge in [-0.25, -0.2) is 9.48 Å². The molecule has 8 heteroatoms. The monoisotopic (exact) mass is 368 g/mol. The number of hydrogen-bond donors (Lipinski definition) is 2. The fourth-order valence-electron chi connectivity index (χ4n) is 3.13. The maximum atomic E-state index is 12.6. The lowest BCUT2D eigenvalue weighted by Gasteiger charge is -2.14. The minimum Gasteiger partial charge on any atom is -0.476 e. The van der Waals surface area contributed by atoms with Gasteiger partial charge in [0.05, 0.1) is 17.1 Å². The zero-order chi connectivity index (χ0) is 19.6. The van der Waals surface area contributed by atoms with Gasteiger partial charge in [0.15, 0.2) is 5.69 Å². The summed E-state index contributed by atoms with van der Waals surface area (Å²) in [6, 6.07) is 8.49. The molecule has 8 nitrogen and oxygen atoms in total. The Morgan fingerprint density at radius 1 is 1.26 bits per heavy atom. The molecule has 1 atom stereocenters. The number of aromatic nitrogens is 3. The third-order valence-corrected chi connectivity index (χ3v) is 4.31. The summed E-state index contributed by atoms with van der Waals surface area (Å²) >= 11 is 0. The average Bonchev–Trinajstić information content (AvgIpc) is 3.22. The number of hydrogen-bond acceptors (Lipinski definition) is 5. The van der Waals surface area contributed by atoms with Crippen LogP contribution in [0.1, 0.15) is 46.8 Å². The molecule has 1 aromatic carbocycles. The largest absolute Gasteiger partial charge is 0.476 e. The topological polar surface area (TPSA) is 110 Å². The number of rotatable bonds is 6. The molecule has 0 aliphatic carbocycles. The highest BCUT2D eigenvalue weighted by Crippen LogP contribution is 2.27. The average molecular weight is 368 g/mol. The van der Waals surface area contributed by atoms with Crippen molar-refractivity contribution in [3.63, 3.8) is 0 Å². The third kappa shape index (κ3) is 3.89. The van der Waals surface area contributed by atoms with E-state index in [2.05, 4.69) is 15.6 Å². The Labute approximate surface area is 155 Å². The second-order valence-corrected chi connectivity index (χ2v) is 6.36. The summed E-state index contributed by atoms with van der Waals surface area (Å²) in [6.07, 6.45) is 1.80. The maximum Gasteiger partial charge on any atom is 0.356 e. The number of nitrogens with one attached hydrogen (secondary N) is 1. The van der Waals surface area contributed by atoms with Crippen molar-refractivity contribution in [2.24, 2.45) is 0 Å². The Balaban J connectivity index is 1.77. The second-order valence-electron chi connectivity index (χ2n) is 6.36. The van der Waals surface area contributed by atoms with Gasteiger partial charge in [0, 0.05) is 18.2 Å². The Hall–Kier alpha value is -3.42. The molecule has 0 aliphatic heterocycles. The Kier molecular flexibility index (Phi) is 5.07. The summed E-state index contributed by atoms with van der Waals surface area (Å²) in [6.45, 7) is 5.63. The highest BCUT2D eigenvalue weighted by molar-refractivity contribution is 5.93. The fourth-order valence-corrected chi connectivity index (χ4v) is 3.13. The van der Waals surface area contributed by atoms with Gasteiger partial charge in [0.25, 0.3) is 0 Å². The number of carbonyl (C=O) groups excluding carboxylic acids is 1. The van der Waals surface area contributed by atoms with Crippen molar-refractivity contribution in [3.05, 3.63) is 59.2 Å². The predicted octanol–water partition coefficient (Wildman–Crippen LogP) is 3.31. The second kappa shape index (κ2) is 7.45. The molecule has 0 bridgehead atoms. The summed E-state index contributed by atoms with van der Waals surface area (Å²) in [5.74, 6) is -0.609. The van der Waals surface area contributed by atoms with Gasteiger partial charge in [-0.3, -0.25) is 4.79 Å². The standard InChI is InChI=1S/C19H20N4O4/c1-11(18-12(2)22-27-13(18)3)10-17(24)20-14-6-4-5-7-16(14)23-9-8-15(21-23)19(25)26/h4-9,11H,10H2,1-3H3,(H,20,24)(H,25,26). The van der Waals surface area contributed by atoms with Crippen LogP contribution >= 0.6 is 0 Å². The van der Waals surface area contributed by atoms with Gasteiger partial charge in [0.1, 0.15) is 5.76 Å². The van der Waals surface area contributed by atoms with E-state index in [1.165, 1.54) is 10.7 Å². The molecule has 2 heterocycles. The Bertz CT molecular complexity index is 970. The molecule has 27 heavy (non-hydrogen) atoms. The molecule has 3 rings (SSSR count). The number of nitrogens with zero attached hydrogens (tertiary/aromatic N) is 3. The molecule has 0 radical (unpaired) electrons. The first-order valence-corrected chi connectivity index (χ1v) is 8.47. The van der Waals surface area contributed by atoms with Crippen LogP contribution in [0.2, 0.25) is 0 Å². The number of aromatic carboxylic acids is 1. The summed E-state index contributed by atoms with van der Waals surface area (Å²) in [5, 5.41) is 19.9. The van der Waals surface area contributed by atoms with Crippen molar-refractivity contribution in [2.45, 2.75) is 33.1 Å². The smallest absolute Gasteiger partial charge is 0.356 e. The van der Waals surface area contributed by atoms with E-state index in [-0.39, 0.29) is 23.9 Å². The number of carboxylic acid groups (broad SMARTS) is 1. The molecule has 2 aromatic heterocycles. The lowest BCUT2D eigenvalue weighted by molar-refractivity contribution is -0.116. The minimum absolute atomic E-state index is 0.0493. The highest BCUT2D eigenvalue weighted by atomic mass is 16.5. The van der Waals surface area contributed by atoms with Crippen LogP contribution in [0.15, 0.2) is 41.1 Å². The first-order chi connectivity index (χ1) is 12.9. The van der Waals surface area contributed by atoms with E-state index in [0.29, 0.717) is 17.1 Å². The zero-order valence-electron chi connectivity index (χ0n) is 15.3. The van der Waals surface area contributed by atoms with Crippen LogP contribution < -0.4 is 5.32 Å². The number of carbonyl (C=O) groups is 2. The summed E-state index contributed by atoms with van der Waals surface area (Å²) < 4.78 is 6.60. The fraction of sp³-hybridized carbons (Fsp3) is 0.263. The molecular weight excluding hydrogens is 348 g/mol. The van der Waals surface area contributed by atoms with Gasteiger partial charge >= 0.3 is 5.97 Å². The molecule has 1 amide bonds. The van der Waals surface area contributed by atoms with E-state index in [1.807, 2.05) is 20.8 Å². The first-order valence-electron chi connectivity index (χ1n) is 8.47. The maximum absolute atomic E-state index is 12.6. The molecule has 3 aromatic rings. The molecule has 140 valence electrons. The van der Waals surface area contributed by atoms with Crippen molar-refractivity contribution >= 4 is 17.6 Å².